The van der Waals surface area contributed by atoms with Crippen LogP contribution in [-0.4, -0.2) is 17.6 Å². The maximum atomic E-state index is 12.4. The fraction of sp³-hybridized carbons (Fsp3) is 0.235. The van der Waals surface area contributed by atoms with Crippen molar-refractivity contribution in [1.29, 1.82) is 0 Å². The lowest BCUT2D eigenvalue weighted by atomic mass is 9.91. The molecule has 2 aromatic carbocycles. The van der Waals surface area contributed by atoms with Gasteiger partial charge in [0.1, 0.15) is 5.75 Å². The second-order valence-electron chi connectivity index (χ2n) is 5.36. The number of phenolic OH excluding ortho intramolecular Hbond substituents is 1. The number of nitrogens with two attached hydrogens (primary N) is 1. The smallest absolute Gasteiger partial charge is 0.252 e. The summed E-state index contributed by atoms with van der Waals surface area (Å²) in [7, 11) is 0. The van der Waals surface area contributed by atoms with Crippen molar-refractivity contribution in [3.8, 4) is 5.75 Å². The Bertz CT molecular complexity index is 640. The van der Waals surface area contributed by atoms with Crippen LogP contribution >= 0.6 is 0 Å². The fourth-order valence-electron chi connectivity index (χ4n) is 2.17. The maximum Gasteiger partial charge on any atom is 0.252 e. The van der Waals surface area contributed by atoms with Crippen LogP contribution in [-0.2, 0) is 5.54 Å². The zero-order valence-corrected chi connectivity index (χ0v) is 12.3. The third-order valence-corrected chi connectivity index (χ3v) is 3.67. The molecule has 0 aliphatic rings. The molecule has 0 saturated heterocycles. The molecule has 2 rings (SSSR count). The summed E-state index contributed by atoms with van der Waals surface area (Å²) in [6, 6.07) is 14.4. The Morgan fingerprint density at radius 1 is 1.24 bits per heavy atom. The molecule has 0 spiro atoms. The van der Waals surface area contributed by atoms with E-state index in [0.29, 0.717) is 17.7 Å². The van der Waals surface area contributed by atoms with Crippen LogP contribution in [0.4, 0.5) is 0 Å². The van der Waals surface area contributed by atoms with E-state index < -0.39 is 5.54 Å². The topological polar surface area (TPSA) is 75.4 Å². The summed E-state index contributed by atoms with van der Waals surface area (Å²) in [6.07, 6.45) is 0. The minimum Gasteiger partial charge on any atom is -0.508 e. The Morgan fingerprint density at radius 2 is 1.90 bits per heavy atom. The maximum absolute atomic E-state index is 12.4. The van der Waals surface area contributed by atoms with Gasteiger partial charge in [0.15, 0.2) is 0 Å². The molecule has 0 radical (unpaired) electrons. The van der Waals surface area contributed by atoms with Gasteiger partial charge < -0.3 is 16.2 Å². The molecule has 0 aliphatic heterocycles. The van der Waals surface area contributed by atoms with Crippen molar-refractivity contribution in [2.24, 2.45) is 5.73 Å². The SMILES string of the molecule is Cc1cc(C(=O)NC(C)(CN)c2ccccc2)ccc1O. The molecule has 0 heterocycles. The molecule has 1 atom stereocenters. The number of hydrogen-bond acceptors (Lipinski definition) is 3. The van der Waals surface area contributed by atoms with Crippen molar-refractivity contribution in [2.75, 3.05) is 6.54 Å². The summed E-state index contributed by atoms with van der Waals surface area (Å²) < 4.78 is 0. The molecule has 2 aromatic rings. The van der Waals surface area contributed by atoms with Crippen LogP contribution in [0.2, 0.25) is 0 Å². The highest BCUT2D eigenvalue weighted by molar-refractivity contribution is 5.95. The van der Waals surface area contributed by atoms with Crippen LogP contribution in [0.1, 0.15) is 28.4 Å². The molecule has 0 aromatic heterocycles. The Labute approximate surface area is 124 Å². The van der Waals surface area contributed by atoms with Gasteiger partial charge in [-0.25, -0.2) is 0 Å². The number of rotatable bonds is 4. The van der Waals surface area contributed by atoms with Gasteiger partial charge in [-0.3, -0.25) is 4.79 Å². The molecule has 0 aliphatic carbocycles. The van der Waals surface area contributed by atoms with Crippen LogP contribution < -0.4 is 11.1 Å². The van der Waals surface area contributed by atoms with Crippen molar-refractivity contribution in [3.63, 3.8) is 0 Å². The minimum absolute atomic E-state index is 0.177. The standard InChI is InChI=1S/C17H20N2O2/c1-12-10-13(8-9-15(12)20)16(21)19-17(2,11-18)14-6-4-3-5-7-14/h3-10,20H,11,18H2,1-2H3,(H,19,21). The average molecular weight is 284 g/mol. The van der Waals surface area contributed by atoms with Crippen molar-refractivity contribution in [3.05, 3.63) is 65.2 Å². The third-order valence-electron chi connectivity index (χ3n) is 3.67. The Kier molecular flexibility index (Phi) is 4.29. The van der Waals surface area contributed by atoms with E-state index in [2.05, 4.69) is 5.32 Å². The Hall–Kier alpha value is -2.33. The second kappa shape index (κ2) is 5.97. The van der Waals surface area contributed by atoms with E-state index in [1.165, 1.54) is 6.07 Å². The zero-order valence-electron chi connectivity index (χ0n) is 12.3. The Balaban J connectivity index is 2.26. The van der Waals surface area contributed by atoms with Gasteiger partial charge in [-0.15, -0.1) is 0 Å². The first-order chi connectivity index (χ1) is 9.96. The summed E-state index contributed by atoms with van der Waals surface area (Å²) in [6.45, 7) is 3.94. The highest BCUT2D eigenvalue weighted by atomic mass is 16.3. The summed E-state index contributed by atoms with van der Waals surface area (Å²) in [5.41, 5.74) is 7.35. The van der Waals surface area contributed by atoms with Gasteiger partial charge in [0.05, 0.1) is 5.54 Å². The van der Waals surface area contributed by atoms with Gasteiger partial charge in [-0.1, -0.05) is 30.3 Å². The molecule has 0 fully saturated rings. The van der Waals surface area contributed by atoms with E-state index in [-0.39, 0.29) is 11.7 Å². The molecule has 110 valence electrons. The normalized spacial score (nSPS) is 13.5. The van der Waals surface area contributed by atoms with E-state index in [4.69, 9.17) is 5.73 Å². The lowest BCUT2D eigenvalue weighted by Crippen LogP contribution is -2.48. The van der Waals surface area contributed by atoms with Gasteiger partial charge in [-0.2, -0.15) is 0 Å². The Morgan fingerprint density at radius 3 is 2.48 bits per heavy atom. The van der Waals surface area contributed by atoms with Crippen molar-refractivity contribution >= 4 is 5.91 Å². The largest absolute Gasteiger partial charge is 0.508 e. The molecule has 1 unspecified atom stereocenters. The van der Waals surface area contributed by atoms with Crippen molar-refractivity contribution < 1.29 is 9.90 Å². The molecule has 4 nitrogen and oxygen atoms in total. The van der Waals surface area contributed by atoms with Crippen LogP contribution in [0.5, 0.6) is 5.75 Å². The number of nitrogens with one attached hydrogen (secondary N) is 1. The lowest BCUT2D eigenvalue weighted by Gasteiger charge is -2.30. The number of aromatic hydroxyl groups is 1. The van der Waals surface area contributed by atoms with Crippen molar-refractivity contribution in [2.45, 2.75) is 19.4 Å². The number of aryl methyl sites for hydroxylation is 1. The monoisotopic (exact) mass is 284 g/mol. The first-order valence-electron chi connectivity index (χ1n) is 6.84. The van der Waals surface area contributed by atoms with Gasteiger partial charge in [0, 0.05) is 12.1 Å². The molecule has 0 bridgehead atoms. The molecule has 21 heavy (non-hydrogen) atoms. The molecule has 1 amide bonds. The van der Waals surface area contributed by atoms with Gasteiger partial charge in [0.2, 0.25) is 0 Å². The van der Waals surface area contributed by atoms with Gasteiger partial charge in [0.25, 0.3) is 5.91 Å². The second-order valence-corrected chi connectivity index (χ2v) is 5.36. The predicted molar refractivity (Wildman–Crippen MR) is 83.2 cm³/mol. The number of benzene rings is 2. The number of phenols is 1. The molecule has 0 saturated carbocycles. The van der Waals surface area contributed by atoms with Gasteiger partial charge >= 0.3 is 0 Å². The lowest BCUT2D eigenvalue weighted by molar-refractivity contribution is 0.0907. The van der Waals surface area contributed by atoms with Gasteiger partial charge in [-0.05, 0) is 43.2 Å². The van der Waals surface area contributed by atoms with E-state index in [1.807, 2.05) is 37.3 Å². The molecular weight excluding hydrogens is 264 g/mol. The van der Waals surface area contributed by atoms with Crippen LogP contribution in [0.25, 0.3) is 0 Å². The zero-order chi connectivity index (χ0) is 15.5. The van der Waals surface area contributed by atoms with E-state index in [9.17, 15) is 9.90 Å². The van der Waals surface area contributed by atoms with Crippen molar-refractivity contribution in [1.82, 2.24) is 5.32 Å². The average Bonchev–Trinajstić information content (AvgIpc) is 2.50. The summed E-state index contributed by atoms with van der Waals surface area (Å²) in [4.78, 5) is 12.4. The van der Waals surface area contributed by atoms with E-state index in [0.717, 1.165) is 5.56 Å². The number of carbonyl (C=O) groups excluding carboxylic acids is 1. The number of amides is 1. The number of carbonyl (C=O) groups is 1. The summed E-state index contributed by atoms with van der Waals surface area (Å²) in [5.74, 6) is -0.0360. The first-order valence-corrected chi connectivity index (χ1v) is 6.84. The summed E-state index contributed by atoms with van der Waals surface area (Å²) in [5, 5.41) is 12.5. The van der Waals surface area contributed by atoms with E-state index >= 15 is 0 Å². The molecular formula is C17H20N2O2. The highest BCUT2D eigenvalue weighted by Crippen LogP contribution is 2.21. The quantitative estimate of drug-likeness (QED) is 0.806. The highest BCUT2D eigenvalue weighted by Gasteiger charge is 2.27. The molecule has 4 heteroatoms. The fourth-order valence-corrected chi connectivity index (χ4v) is 2.17. The summed E-state index contributed by atoms with van der Waals surface area (Å²) >= 11 is 0. The van der Waals surface area contributed by atoms with Crippen LogP contribution in [0.15, 0.2) is 48.5 Å². The van der Waals surface area contributed by atoms with E-state index in [1.54, 1.807) is 19.1 Å². The first kappa shape index (κ1) is 15.1. The predicted octanol–water partition coefficient (Wildman–Crippen LogP) is 2.30. The third kappa shape index (κ3) is 3.23. The van der Waals surface area contributed by atoms with Crippen LogP contribution in [0.3, 0.4) is 0 Å². The minimum atomic E-state index is -0.635. The number of hydrogen-bond donors (Lipinski definition) is 3. The molecule has 4 N–H and O–H groups in total. The van der Waals surface area contributed by atoms with Crippen LogP contribution in [0, 0.1) is 6.92 Å².